The van der Waals surface area contributed by atoms with Crippen LogP contribution in [0.3, 0.4) is 0 Å². The molecule has 1 heterocycles. The Balaban J connectivity index is 1.62. The summed E-state index contributed by atoms with van der Waals surface area (Å²) in [5.74, 6) is 1.78. The highest BCUT2D eigenvalue weighted by atomic mass is 16.5. The van der Waals surface area contributed by atoms with Crippen LogP contribution in [0.4, 0.5) is 5.95 Å². The van der Waals surface area contributed by atoms with Crippen molar-refractivity contribution in [3.05, 3.63) is 64.4 Å². The minimum atomic E-state index is -0.119. The van der Waals surface area contributed by atoms with Crippen molar-refractivity contribution in [2.24, 2.45) is 0 Å². The molecule has 0 fully saturated rings. The first-order valence-electron chi connectivity index (χ1n) is 8.04. The molecule has 0 saturated heterocycles. The molecule has 0 aliphatic carbocycles. The first kappa shape index (κ1) is 16.1. The van der Waals surface area contributed by atoms with Crippen molar-refractivity contribution in [1.82, 2.24) is 9.97 Å². The third-order valence-electron chi connectivity index (χ3n) is 4.17. The second kappa shape index (κ2) is 7.17. The van der Waals surface area contributed by atoms with Crippen molar-refractivity contribution in [2.45, 2.75) is 19.3 Å². The SMILES string of the molecule is COc1ccc(C(C)CCNc2nc3ccccc3c(=O)[nH]2)cc1. The van der Waals surface area contributed by atoms with E-state index in [-0.39, 0.29) is 5.56 Å². The lowest BCUT2D eigenvalue weighted by atomic mass is 9.98. The summed E-state index contributed by atoms with van der Waals surface area (Å²) in [6.07, 6.45) is 0.933. The van der Waals surface area contributed by atoms with Gasteiger partial charge in [0.05, 0.1) is 18.0 Å². The lowest BCUT2D eigenvalue weighted by Crippen LogP contribution is -2.14. The van der Waals surface area contributed by atoms with Crippen LogP contribution in [-0.4, -0.2) is 23.6 Å². The topological polar surface area (TPSA) is 67.0 Å². The minimum absolute atomic E-state index is 0.119. The van der Waals surface area contributed by atoms with Crippen molar-refractivity contribution in [2.75, 3.05) is 19.0 Å². The number of hydrogen-bond donors (Lipinski definition) is 2. The third kappa shape index (κ3) is 3.56. The zero-order valence-electron chi connectivity index (χ0n) is 13.9. The molecule has 2 N–H and O–H groups in total. The maximum absolute atomic E-state index is 12.0. The fraction of sp³-hybridized carbons (Fsp3) is 0.263. The van der Waals surface area contributed by atoms with Crippen LogP contribution in [0.25, 0.3) is 10.9 Å². The first-order valence-corrected chi connectivity index (χ1v) is 8.04. The number of rotatable bonds is 6. The maximum Gasteiger partial charge on any atom is 0.260 e. The number of H-pyrrole nitrogens is 1. The molecule has 0 aliphatic rings. The van der Waals surface area contributed by atoms with Gasteiger partial charge in [-0.3, -0.25) is 9.78 Å². The molecule has 0 aliphatic heterocycles. The highest BCUT2D eigenvalue weighted by Crippen LogP contribution is 2.21. The Labute approximate surface area is 140 Å². The Morgan fingerprint density at radius 3 is 2.67 bits per heavy atom. The van der Waals surface area contributed by atoms with Crippen molar-refractivity contribution in [3.63, 3.8) is 0 Å². The highest BCUT2D eigenvalue weighted by Gasteiger charge is 2.07. The van der Waals surface area contributed by atoms with Gasteiger partial charge < -0.3 is 10.1 Å². The molecule has 1 aromatic heterocycles. The molecule has 1 atom stereocenters. The van der Waals surface area contributed by atoms with Gasteiger partial charge in [-0.1, -0.05) is 31.2 Å². The quantitative estimate of drug-likeness (QED) is 0.728. The molecule has 0 spiro atoms. The molecule has 2 aromatic carbocycles. The van der Waals surface area contributed by atoms with E-state index in [1.165, 1.54) is 5.56 Å². The zero-order chi connectivity index (χ0) is 16.9. The lowest BCUT2D eigenvalue weighted by molar-refractivity contribution is 0.414. The van der Waals surface area contributed by atoms with Crippen molar-refractivity contribution in [3.8, 4) is 5.75 Å². The number of ether oxygens (including phenoxy) is 1. The van der Waals surface area contributed by atoms with Crippen LogP contribution in [0.1, 0.15) is 24.8 Å². The van der Waals surface area contributed by atoms with Gasteiger partial charge in [0.15, 0.2) is 0 Å². The van der Waals surface area contributed by atoms with E-state index in [1.807, 2.05) is 30.3 Å². The summed E-state index contributed by atoms with van der Waals surface area (Å²) in [6.45, 7) is 2.91. The number of fused-ring (bicyclic) bond motifs is 1. The zero-order valence-corrected chi connectivity index (χ0v) is 13.9. The Morgan fingerprint density at radius 2 is 1.92 bits per heavy atom. The molecule has 0 radical (unpaired) electrons. The highest BCUT2D eigenvalue weighted by molar-refractivity contribution is 5.78. The molecular weight excluding hydrogens is 302 g/mol. The lowest BCUT2D eigenvalue weighted by Gasteiger charge is -2.13. The summed E-state index contributed by atoms with van der Waals surface area (Å²) in [4.78, 5) is 19.3. The molecule has 0 saturated carbocycles. The van der Waals surface area contributed by atoms with Gasteiger partial charge in [0.25, 0.3) is 5.56 Å². The summed E-state index contributed by atoms with van der Waals surface area (Å²) in [5.41, 5.74) is 1.84. The minimum Gasteiger partial charge on any atom is -0.497 e. The number of aromatic amines is 1. The Morgan fingerprint density at radius 1 is 1.17 bits per heavy atom. The van der Waals surface area contributed by atoms with Crippen LogP contribution in [-0.2, 0) is 0 Å². The molecule has 3 aromatic rings. The number of aromatic nitrogens is 2. The smallest absolute Gasteiger partial charge is 0.260 e. The van der Waals surface area contributed by atoms with Crippen LogP contribution in [0.15, 0.2) is 53.3 Å². The van der Waals surface area contributed by atoms with Gasteiger partial charge in [0.2, 0.25) is 5.95 Å². The van der Waals surface area contributed by atoms with Crippen LogP contribution >= 0.6 is 0 Å². The molecule has 3 rings (SSSR count). The third-order valence-corrected chi connectivity index (χ3v) is 4.17. The average Bonchev–Trinajstić information content (AvgIpc) is 2.62. The number of para-hydroxylation sites is 1. The Kier molecular flexibility index (Phi) is 4.79. The van der Waals surface area contributed by atoms with E-state index in [0.29, 0.717) is 22.8 Å². The van der Waals surface area contributed by atoms with Gasteiger partial charge in [-0.25, -0.2) is 4.98 Å². The number of anilines is 1. The van der Waals surface area contributed by atoms with Gasteiger partial charge in [-0.05, 0) is 42.2 Å². The fourth-order valence-electron chi connectivity index (χ4n) is 2.68. The molecule has 1 unspecified atom stereocenters. The largest absolute Gasteiger partial charge is 0.497 e. The molecule has 0 amide bonds. The van der Waals surface area contributed by atoms with Gasteiger partial charge >= 0.3 is 0 Å². The van der Waals surface area contributed by atoms with Crippen molar-refractivity contribution >= 4 is 16.9 Å². The Bertz CT molecular complexity index is 872. The van der Waals surface area contributed by atoms with E-state index in [1.54, 1.807) is 13.2 Å². The van der Waals surface area contributed by atoms with Crippen LogP contribution in [0.5, 0.6) is 5.75 Å². The van der Waals surface area contributed by atoms with E-state index in [2.05, 4.69) is 34.3 Å². The second-order valence-electron chi connectivity index (χ2n) is 5.82. The standard InChI is InChI=1S/C19H21N3O2/c1-13(14-7-9-15(24-2)10-8-14)11-12-20-19-21-17-6-4-3-5-16(17)18(23)22-19/h3-10,13H,11-12H2,1-2H3,(H2,20,21,22,23). The molecule has 0 bridgehead atoms. The van der Waals surface area contributed by atoms with Gasteiger partial charge in [0, 0.05) is 6.54 Å². The Hall–Kier alpha value is -2.82. The van der Waals surface area contributed by atoms with Gasteiger partial charge in [-0.15, -0.1) is 0 Å². The fourth-order valence-corrected chi connectivity index (χ4v) is 2.68. The average molecular weight is 323 g/mol. The summed E-state index contributed by atoms with van der Waals surface area (Å²) in [5, 5.41) is 3.82. The number of hydrogen-bond acceptors (Lipinski definition) is 4. The number of nitrogens with zero attached hydrogens (tertiary/aromatic N) is 1. The van der Waals surface area contributed by atoms with E-state index < -0.39 is 0 Å². The second-order valence-corrected chi connectivity index (χ2v) is 5.82. The van der Waals surface area contributed by atoms with Crippen molar-refractivity contribution in [1.29, 1.82) is 0 Å². The predicted octanol–water partition coefficient (Wildman–Crippen LogP) is 3.54. The summed E-state index contributed by atoms with van der Waals surface area (Å²) in [6, 6.07) is 15.4. The number of benzene rings is 2. The van der Waals surface area contributed by atoms with Crippen LogP contribution in [0.2, 0.25) is 0 Å². The van der Waals surface area contributed by atoms with Gasteiger partial charge in [-0.2, -0.15) is 0 Å². The van der Waals surface area contributed by atoms with Gasteiger partial charge in [0.1, 0.15) is 5.75 Å². The van der Waals surface area contributed by atoms with Crippen molar-refractivity contribution < 1.29 is 4.74 Å². The summed E-state index contributed by atoms with van der Waals surface area (Å²) < 4.78 is 5.18. The summed E-state index contributed by atoms with van der Waals surface area (Å²) in [7, 11) is 1.67. The predicted molar refractivity (Wildman–Crippen MR) is 96.9 cm³/mol. The van der Waals surface area contributed by atoms with Crippen LogP contribution < -0.4 is 15.6 Å². The number of methoxy groups -OCH3 is 1. The monoisotopic (exact) mass is 323 g/mol. The molecular formula is C19H21N3O2. The molecule has 5 heteroatoms. The van der Waals surface area contributed by atoms with E-state index >= 15 is 0 Å². The summed E-state index contributed by atoms with van der Waals surface area (Å²) >= 11 is 0. The van der Waals surface area contributed by atoms with E-state index in [9.17, 15) is 4.79 Å². The van der Waals surface area contributed by atoms with E-state index in [0.717, 1.165) is 18.7 Å². The van der Waals surface area contributed by atoms with E-state index in [4.69, 9.17) is 4.74 Å². The molecule has 124 valence electrons. The number of nitrogens with one attached hydrogen (secondary N) is 2. The van der Waals surface area contributed by atoms with Crippen LogP contribution in [0, 0.1) is 0 Å². The first-order chi connectivity index (χ1) is 11.7. The molecule has 24 heavy (non-hydrogen) atoms. The molecule has 5 nitrogen and oxygen atoms in total. The normalized spacial score (nSPS) is 12.1. The maximum atomic E-state index is 12.0.